The Balaban J connectivity index is 2.17. The third kappa shape index (κ3) is 3.39. The second kappa shape index (κ2) is 6.88. The van der Waals surface area contributed by atoms with Gasteiger partial charge in [0.15, 0.2) is 0 Å². The summed E-state index contributed by atoms with van der Waals surface area (Å²) < 4.78 is 0.962. The lowest BCUT2D eigenvalue weighted by atomic mass is 10.1. The lowest BCUT2D eigenvalue weighted by Crippen LogP contribution is -2.30. The van der Waals surface area contributed by atoms with Gasteiger partial charge in [-0.3, -0.25) is 5.41 Å². The van der Waals surface area contributed by atoms with Gasteiger partial charge in [-0.25, -0.2) is 0 Å². The van der Waals surface area contributed by atoms with Crippen LogP contribution in [-0.4, -0.2) is 24.6 Å². The smallest absolute Gasteiger partial charge is 0.129 e. The summed E-state index contributed by atoms with van der Waals surface area (Å²) in [7, 11) is 1.83. The molecule has 1 heterocycles. The van der Waals surface area contributed by atoms with Crippen LogP contribution < -0.4 is 10.6 Å². The second-order valence-electron chi connectivity index (χ2n) is 4.21. The van der Waals surface area contributed by atoms with Crippen molar-refractivity contribution >= 4 is 38.1 Å². The monoisotopic (exact) mass is 353 g/mol. The van der Waals surface area contributed by atoms with Crippen molar-refractivity contribution in [1.82, 2.24) is 5.32 Å². The molecule has 6 heteroatoms. The van der Waals surface area contributed by atoms with E-state index in [1.165, 1.54) is 11.3 Å². The van der Waals surface area contributed by atoms with Gasteiger partial charge in [-0.05, 0) is 27.6 Å². The first-order chi connectivity index (χ1) is 9.65. The van der Waals surface area contributed by atoms with Crippen molar-refractivity contribution in [2.45, 2.75) is 6.04 Å². The van der Waals surface area contributed by atoms with E-state index >= 15 is 0 Å². The van der Waals surface area contributed by atoms with Gasteiger partial charge in [-0.2, -0.15) is 0 Å². The first-order valence-corrected chi connectivity index (χ1v) is 7.75. The summed E-state index contributed by atoms with van der Waals surface area (Å²) in [6.07, 6.45) is 0. The molecule has 0 aliphatic rings. The molecule has 0 aliphatic heterocycles. The van der Waals surface area contributed by atoms with Gasteiger partial charge in [-0.1, -0.05) is 30.3 Å². The summed E-state index contributed by atoms with van der Waals surface area (Å²) in [6, 6.07) is 11.2. The van der Waals surface area contributed by atoms with Crippen LogP contribution in [-0.2, 0) is 0 Å². The van der Waals surface area contributed by atoms with E-state index in [0.29, 0.717) is 5.84 Å². The van der Waals surface area contributed by atoms with Crippen molar-refractivity contribution in [1.29, 1.82) is 5.41 Å². The molecule has 0 fully saturated rings. The molecular weight excluding hydrogens is 338 g/mol. The van der Waals surface area contributed by atoms with E-state index in [9.17, 15) is 5.11 Å². The maximum atomic E-state index is 9.53. The molecule has 2 rings (SSSR count). The van der Waals surface area contributed by atoms with Crippen LogP contribution >= 0.6 is 27.3 Å². The van der Waals surface area contributed by atoms with E-state index < -0.39 is 0 Å². The van der Waals surface area contributed by atoms with E-state index in [-0.39, 0.29) is 12.6 Å². The van der Waals surface area contributed by atoms with Crippen molar-refractivity contribution < 1.29 is 5.11 Å². The molecule has 106 valence electrons. The first-order valence-electron chi connectivity index (χ1n) is 6.14. The topological polar surface area (TPSA) is 68.1 Å². The number of amidine groups is 1. The summed E-state index contributed by atoms with van der Waals surface area (Å²) >= 11 is 4.96. The fourth-order valence-electron chi connectivity index (χ4n) is 1.90. The third-order valence-electron chi connectivity index (χ3n) is 2.90. The van der Waals surface area contributed by atoms with Crippen molar-refractivity contribution in [3.63, 3.8) is 0 Å². The van der Waals surface area contributed by atoms with Gasteiger partial charge >= 0.3 is 0 Å². The molecule has 1 atom stereocenters. The summed E-state index contributed by atoms with van der Waals surface area (Å²) in [5.74, 6) is 0.291. The molecule has 0 bridgehead atoms. The molecule has 1 aromatic carbocycles. The Morgan fingerprint density at radius 2 is 2.10 bits per heavy atom. The summed E-state index contributed by atoms with van der Waals surface area (Å²) in [4.78, 5) is 0. The molecule has 1 aromatic heterocycles. The Kier molecular flexibility index (Phi) is 5.17. The van der Waals surface area contributed by atoms with Crippen LogP contribution in [0.15, 0.2) is 40.2 Å². The van der Waals surface area contributed by atoms with Gasteiger partial charge < -0.3 is 15.7 Å². The highest BCUT2D eigenvalue weighted by Gasteiger charge is 2.16. The summed E-state index contributed by atoms with van der Waals surface area (Å²) in [6.45, 7) is -0.0629. The minimum absolute atomic E-state index is 0.0629. The van der Waals surface area contributed by atoms with E-state index in [4.69, 9.17) is 5.41 Å². The Morgan fingerprint density at radius 3 is 2.70 bits per heavy atom. The fourth-order valence-corrected chi connectivity index (χ4v) is 3.36. The lowest BCUT2D eigenvalue weighted by Gasteiger charge is -2.18. The number of anilines is 1. The predicted molar refractivity (Wildman–Crippen MR) is 87.8 cm³/mol. The zero-order valence-corrected chi connectivity index (χ0v) is 13.4. The number of hydrogen-bond donors (Lipinski definition) is 4. The minimum atomic E-state index is -0.285. The first kappa shape index (κ1) is 15.0. The molecule has 0 spiro atoms. The highest BCUT2D eigenvalue weighted by Crippen LogP contribution is 2.31. The van der Waals surface area contributed by atoms with Gasteiger partial charge in [0, 0.05) is 7.05 Å². The molecule has 0 unspecified atom stereocenters. The molecule has 4 nitrogen and oxygen atoms in total. The molecule has 2 aromatic rings. The normalized spacial score (nSPS) is 11.9. The van der Waals surface area contributed by atoms with E-state index in [2.05, 4.69) is 26.6 Å². The SMILES string of the molecule is CNc1sc(Br)cc1C(=N)N[C@H](CO)c1ccccc1. The zero-order chi connectivity index (χ0) is 14.5. The largest absolute Gasteiger partial charge is 0.394 e. The quantitative estimate of drug-likeness (QED) is 0.492. The lowest BCUT2D eigenvalue weighted by molar-refractivity contribution is 0.257. The van der Waals surface area contributed by atoms with Crippen LogP contribution in [0.25, 0.3) is 0 Å². The van der Waals surface area contributed by atoms with E-state index in [0.717, 1.165) is 19.9 Å². The third-order valence-corrected chi connectivity index (χ3v) is 4.56. The zero-order valence-electron chi connectivity index (χ0n) is 11.0. The van der Waals surface area contributed by atoms with Gasteiger partial charge in [0.25, 0.3) is 0 Å². The number of thiophene rings is 1. The second-order valence-corrected chi connectivity index (χ2v) is 6.64. The Morgan fingerprint density at radius 1 is 1.40 bits per heavy atom. The molecule has 0 amide bonds. The molecule has 4 N–H and O–H groups in total. The van der Waals surface area contributed by atoms with Crippen LogP contribution in [0.4, 0.5) is 5.00 Å². The van der Waals surface area contributed by atoms with Crippen LogP contribution in [0.2, 0.25) is 0 Å². The number of halogens is 1. The van der Waals surface area contributed by atoms with Gasteiger partial charge in [0.2, 0.25) is 0 Å². The van der Waals surface area contributed by atoms with E-state index in [1.807, 2.05) is 43.4 Å². The van der Waals surface area contributed by atoms with Crippen molar-refractivity contribution in [3.8, 4) is 0 Å². The Hall–Kier alpha value is -1.37. The fraction of sp³-hybridized carbons (Fsp3) is 0.214. The Bertz CT molecular complexity index is 585. The number of aliphatic hydroxyl groups excluding tert-OH is 1. The molecule has 0 radical (unpaired) electrons. The number of rotatable bonds is 5. The van der Waals surface area contributed by atoms with Crippen LogP contribution in [0.5, 0.6) is 0 Å². The van der Waals surface area contributed by atoms with Crippen LogP contribution in [0.3, 0.4) is 0 Å². The number of hydrogen-bond acceptors (Lipinski definition) is 4. The molecule has 0 aliphatic carbocycles. The van der Waals surface area contributed by atoms with E-state index in [1.54, 1.807) is 0 Å². The van der Waals surface area contributed by atoms with Gasteiger partial charge in [0.05, 0.1) is 22.0 Å². The van der Waals surface area contributed by atoms with Gasteiger partial charge in [0.1, 0.15) is 10.8 Å². The number of aliphatic hydroxyl groups is 1. The summed E-state index contributed by atoms with van der Waals surface area (Å²) in [5.41, 5.74) is 1.75. The van der Waals surface area contributed by atoms with Crippen molar-refractivity contribution in [2.75, 3.05) is 19.0 Å². The average molecular weight is 354 g/mol. The highest BCUT2D eigenvalue weighted by molar-refractivity contribution is 9.11. The van der Waals surface area contributed by atoms with Crippen LogP contribution in [0.1, 0.15) is 17.2 Å². The number of benzene rings is 1. The standard InChI is InChI=1S/C14H16BrN3OS/c1-17-14-10(7-12(15)20-14)13(16)18-11(8-19)9-5-3-2-4-6-9/h2-7,11,17,19H,8H2,1H3,(H2,16,18)/t11-/m1/s1. The maximum Gasteiger partial charge on any atom is 0.129 e. The maximum absolute atomic E-state index is 9.53. The molecule has 20 heavy (non-hydrogen) atoms. The number of nitrogens with one attached hydrogen (secondary N) is 3. The summed E-state index contributed by atoms with van der Waals surface area (Å²) in [5, 5.41) is 24.8. The van der Waals surface area contributed by atoms with Crippen molar-refractivity contribution in [3.05, 3.63) is 51.3 Å². The molecular formula is C14H16BrN3OS. The highest BCUT2D eigenvalue weighted by atomic mass is 79.9. The van der Waals surface area contributed by atoms with Crippen LogP contribution in [0, 0.1) is 5.41 Å². The predicted octanol–water partition coefficient (Wildman–Crippen LogP) is 3.20. The molecule has 0 saturated heterocycles. The Labute approximate surface area is 130 Å². The molecule has 0 saturated carbocycles. The average Bonchev–Trinajstić information content (AvgIpc) is 2.86. The van der Waals surface area contributed by atoms with Gasteiger partial charge in [-0.15, -0.1) is 11.3 Å². The van der Waals surface area contributed by atoms with Crippen molar-refractivity contribution in [2.24, 2.45) is 0 Å². The minimum Gasteiger partial charge on any atom is -0.394 e.